The van der Waals surface area contributed by atoms with Crippen molar-refractivity contribution >= 4 is 12.2 Å². The molecule has 4 nitrogen and oxygen atoms in total. The van der Waals surface area contributed by atoms with Gasteiger partial charge in [-0.25, -0.2) is 0 Å². The van der Waals surface area contributed by atoms with Crippen LogP contribution < -0.4 is 10.6 Å². The van der Waals surface area contributed by atoms with Crippen molar-refractivity contribution in [1.82, 2.24) is 10.6 Å². The van der Waals surface area contributed by atoms with Crippen molar-refractivity contribution in [2.75, 3.05) is 20.1 Å². The van der Waals surface area contributed by atoms with Gasteiger partial charge in [0.05, 0.1) is 0 Å². The standard InChI is InChI=1S/C13H25N2O2.Y/c1-14-10-6-2-3-7-11-15-13(17)9-5-4-8-12-16;/h14H,2-11H2,1H3,(H,15,17);/q-1;. The van der Waals surface area contributed by atoms with Crippen LogP contribution in [0.25, 0.3) is 0 Å². The van der Waals surface area contributed by atoms with Crippen LogP contribution in [0.15, 0.2) is 0 Å². The molecule has 0 rings (SSSR count). The number of rotatable bonds is 12. The summed E-state index contributed by atoms with van der Waals surface area (Å²) in [5.41, 5.74) is 0. The Morgan fingerprint density at radius 2 is 1.67 bits per heavy atom. The molecule has 0 heterocycles. The number of hydrogen-bond donors (Lipinski definition) is 2. The van der Waals surface area contributed by atoms with Gasteiger partial charge in [0, 0.05) is 45.7 Å². The number of carbonyl (C=O) groups excluding carboxylic acids is 2. The molecule has 0 atom stereocenters. The minimum Gasteiger partial charge on any atom is -0.542 e. The number of unbranched alkanes of at least 4 members (excludes halogenated alkanes) is 5. The van der Waals surface area contributed by atoms with Crippen LogP contribution in [-0.2, 0) is 42.3 Å². The van der Waals surface area contributed by atoms with E-state index in [1.54, 1.807) is 0 Å². The maximum Gasteiger partial charge on any atom is 0.219 e. The largest absolute Gasteiger partial charge is 0.542 e. The minimum absolute atomic E-state index is 0. The summed E-state index contributed by atoms with van der Waals surface area (Å²) in [5, 5.41) is 6.01. The van der Waals surface area contributed by atoms with E-state index >= 15 is 0 Å². The molecule has 1 amide bonds. The van der Waals surface area contributed by atoms with Gasteiger partial charge in [-0.15, -0.1) is 0 Å². The molecular formula is C13H25N2O2Y-. The van der Waals surface area contributed by atoms with Crippen LogP contribution in [0.5, 0.6) is 0 Å². The summed E-state index contributed by atoms with van der Waals surface area (Å²) in [6, 6.07) is 0. The summed E-state index contributed by atoms with van der Waals surface area (Å²) in [7, 11) is 1.96. The van der Waals surface area contributed by atoms with Gasteiger partial charge in [-0.05, 0) is 32.9 Å². The SMILES string of the molecule is CNCCCCCCNC(=O)CCCC[C-]=O.[Y]. The van der Waals surface area contributed by atoms with Crippen molar-refractivity contribution in [2.24, 2.45) is 0 Å². The van der Waals surface area contributed by atoms with E-state index in [2.05, 4.69) is 10.6 Å². The molecule has 0 unspecified atom stereocenters. The summed E-state index contributed by atoms with van der Waals surface area (Å²) in [5.74, 6) is 0.103. The van der Waals surface area contributed by atoms with Crippen LogP contribution in [0.1, 0.15) is 51.4 Å². The molecule has 0 aromatic rings. The van der Waals surface area contributed by atoms with Crippen LogP contribution in [0.4, 0.5) is 0 Å². The molecule has 18 heavy (non-hydrogen) atoms. The van der Waals surface area contributed by atoms with Gasteiger partial charge in [-0.3, -0.25) is 11.1 Å². The van der Waals surface area contributed by atoms with Gasteiger partial charge >= 0.3 is 0 Å². The second kappa shape index (κ2) is 17.2. The summed E-state index contributed by atoms with van der Waals surface area (Å²) in [6.07, 6.45) is 8.99. The molecule has 0 saturated heterocycles. The van der Waals surface area contributed by atoms with Crippen molar-refractivity contribution in [3.8, 4) is 0 Å². The zero-order valence-electron chi connectivity index (χ0n) is 11.5. The number of carbonyl (C=O) groups is 1. The maximum absolute atomic E-state index is 11.3. The molecule has 0 saturated carbocycles. The van der Waals surface area contributed by atoms with Crippen LogP contribution in [0.3, 0.4) is 0 Å². The monoisotopic (exact) mass is 330 g/mol. The van der Waals surface area contributed by atoms with Crippen LogP contribution >= 0.6 is 0 Å². The molecule has 0 spiro atoms. The van der Waals surface area contributed by atoms with E-state index in [4.69, 9.17) is 0 Å². The fourth-order valence-corrected chi connectivity index (χ4v) is 1.58. The van der Waals surface area contributed by atoms with Gasteiger partial charge in [0.1, 0.15) is 0 Å². The van der Waals surface area contributed by atoms with Crippen molar-refractivity contribution in [1.29, 1.82) is 0 Å². The molecule has 0 aliphatic rings. The smallest absolute Gasteiger partial charge is 0.219 e. The summed E-state index contributed by atoms with van der Waals surface area (Å²) in [4.78, 5) is 21.3. The van der Waals surface area contributed by atoms with Gasteiger partial charge < -0.3 is 15.4 Å². The Labute approximate surface area is 136 Å². The fourth-order valence-electron chi connectivity index (χ4n) is 1.58. The Morgan fingerprint density at radius 3 is 2.28 bits per heavy atom. The quantitative estimate of drug-likeness (QED) is 0.422. The van der Waals surface area contributed by atoms with E-state index in [0.717, 1.165) is 32.4 Å². The first-order valence-corrected chi connectivity index (χ1v) is 6.57. The maximum atomic E-state index is 11.3. The van der Waals surface area contributed by atoms with Crippen LogP contribution in [0.2, 0.25) is 0 Å². The molecule has 2 N–H and O–H groups in total. The first-order valence-electron chi connectivity index (χ1n) is 6.57. The molecule has 0 aromatic heterocycles. The molecule has 5 heteroatoms. The number of amides is 1. The Kier molecular flexibility index (Phi) is 19.6. The van der Waals surface area contributed by atoms with Crippen molar-refractivity contribution in [3.63, 3.8) is 0 Å². The van der Waals surface area contributed by atoms with Gasteiger partial charge in [0.2, 0.25) is 5.91 Å². The predicted octanol–water partition coefficient (Wildman–Crippen LogP) is 1.55. The topological polar surface area (TPSA) is 58.2 Å². The van der Waals surface area contributed by atoms with Crippen molar-refractivity contribution in [3.05, 3.63) is 0 Å². The molecule has 0 aliphatic heterocycles. The van der Waals surface area contributed by atoms with Crippen molar-refractivity contribution in [2.45, 2.75) is 51.4 Å². The third-order valence-electron chi connectivity index (χ3n) is 2.61. The van der Waals surface area contributed by atoms with E-state index in [1.807, 2.05) is 13.3 Å². The average Bonchev–Trinajstić information content (AvgIpc) is 2.33. The third kappa shape index (κ3) is 16.2. The fraction of sp³-hybridized carbons (Fsp3) is 0.846. The molecule has 0 fully saturated rings. The third-order valence-corrected chi connectivity index (χ3v) is 2.61. The zero-order chi connectivity index (χ0) is 12.8. The van der Waals surface area contributed by atoms with E-state index < -0.39 is 0 Å². The first-order chi connectivity index (χ1) is 8.31. The van der Waals surface area contributed by atoms with Gasteiger partial charge in [0.25, 0.3) is 0 Å². The average molecular weight is 330 g/mol. The van der Waals surface area contributed by atoms with E-state index in [9.17, 15) is 9.59 Å². The van der Waals surface area contributed by atoms with E-state index in [0.29, 0.717) is 12.8 Å². The van der Waals surface area contributed by atoms with E-state index in [-0.39, 0.29) is 38.6 Å². The van der Waals surface area contributed by atoms with Crippen LogP contribution in [0, 0.1) is 0 Å². The number of hydrogen-bond acceptors (Lipinski definition) is 3. The molecule has 103 valence electrons. The van der Waals surface area contributed by atoms with Crippen molar-refractivity contribution < 1.29 is 42.3 Å². The van der Waals surface area contributed by atoms with E-state index in [1.165, 1.54) is 19.3 Å². The molecule has 0 bridgehead atoms. The predicted molar refractivity (Wildman–Crippen MR) is 69.6 cm³/mol. The number of nitrogens with one attached hydrogen (secondary N) is 2. The summed E-state index contributed by atoms with van der Waals surface area (Å²) >= 11 is 0. The van der Waals surface area contributed by atoms with Gasteiger partial charge in [-0.2, -0.15) is 6.42 Å². The molecule has 0 aromatic carbocycles. The Bertz CT molecular complexity index is 201. The minimum atomic E-state index is 0. The second-order valence-corrected chi connectivity index (χ2v) is 4.22. The Hall–Kier alpha value is 0.204. The Balaban J connectivity index is 0. The summed E-state index contributed by atoms with van der Waals surface area (Å²) < 4.78 is 0. The first kappa shape index (κ1) is 20.5. The molecule has 1 radical (unpaired) electrons. The summed E-state index contributed by atoms with van der Waals surface area (Å²) in [6.45, 7) is 1.85. The molecule has 0 aliphatic carbocycles. The van der Waals surface area contributed by atoms with Gasteiger partial charge in [0.15, 0.2) is 0 Å². The zero-order valence-corrected chi connectivity index (χ0v) is 14.3. The molecular weight excluding hydrogens is 305 g/mol. The second-order valence-electron chi connectivity index (χ2n) is 4.22. The van der Waals surface area contributed by atoms with Crippen LogP contribution in [-0.4, -0.2) is 32.3 Å². The van der Waals surface area contributed by atoms with Gasteiger partial charge in [-0.1, -0.05) is 19.3 Å². The normalized spacial score (nSPS) is 9.61. The Morgan fingerprint density at radius 1 is 1.00 bits per heavy atom.